The van der Waals surface area contributed by atoms with Crippen LogP contribution in [0.4, 0.5) is 0 Å². The highest BCUT2D eigenvalue weighted by Gasteiger charge is 2.37. The van der Waals surface area contributed by atoms with Crippen molar-refractivity contribution in [3.8, 4) is 11.5 Å². The summed E-state index contributed by atoms with van der Waals surface area (Å²) in [5.41, 5.74) is 0.892. The van der Waals surface area contributed by atoms with Gasteiger partial charge in [-0.15, -0.1) is 0 Å². The highest BCUT2D eigenvalue weighted by atomic mass is 79.9. The van der Waals surface area contributed by atoms with Gasteiger partial charge in [0.05, 0.1) is 4.91 Å². The van der Waals surface area contributed by atoms with Crippen LogP contribution in [-0.2, 0) is 4.79 Å². The summed E-state index contributed by atoms with van der Waals surface area (Å²) in [5.74, 6) is 1.45. The van der Waals surface area contributed by atoms with Crippen LogP contribution in [0.15, 0.2) is 21.5 Å². The lowest BCUT2D eigenvalue weighted by molar-refractivity contribution is -0.124. The maximum Gasteiger partial charge on any atom is 0.266 e. The van der Waals surface area contributed by atoms with E-state index < -0.39 is 0 Å². The predicted molar refractivity (Wildman–Crippen MR) is 102 cm³/mol. The average Bonchev–Trinajstić information content (AvgIpc) is 3.13. The first kappa shape index (κ1) is 16.4. The molecule has 4 rings (SSSR count). The molecule has 1 amide bonds. The molecule has 0 radical (unpaired) electrons. The molecular formula is C17H16BrNO3S2. The standard InChI is InChI=1S/C17H16BrNO3S2/c18-12-8-14-13(21-9-22-14)6-10(12)7-15-16(20)19(17(23)24-15)11-4-2-1-3-5-11/h6-8,11H,1-5,9H2. The molecule has 2 fully saturated rings. The smallest absolute Gasteiger partial charge is 0.266 e. The first-order chi connectivity index (χ1) is 11.6. The molecule has 1 aromatic rings. The molecule has 2 aliphatic heterocycles. The molecule has 0 unspecified atom stereocenters. The third-order valence-corrected chi connectivity index (χ3v) is 6.56. The lowest BCUT2D eigenvalue weighted by Crippen LogP contribution is -2.39. The van der Waals surface area contributed by atoms with Crippen molar-refractivity contribution in [1.82, 2.24) is 4.90 Å². The molecular weight excluding hydrogens is 410 g/mol. The number of nitrogens with zero attached hydrogens (tertiary/aromatic N) is 1. The minimum atomic E-state index is 0.0291. The Kier molecular flexibility index (Phi) is 4.58. The third kappa shape index (κ3) is 2.97. The highest BCUT2D eigenvalue weighted by Crippen LogP contribution is 2.41. The summed E-state index contributed by atoms with van der Waals surface area (Å²) in [6.07, 6.45) is 7.59. The molecule has 2 heterocycles. The van der Waals surface area contributed by atoms with Crippen molar-refractivity contribution >= 4 is 56.2 Å². The van der Waals surface area contributed by atoms with Gasteiger partial charge < -0.3 is 9.47 Å². The minimum Gasteiger partial charge on any atom is -0.454 e. The summed E-state index contributed by atoms with van der Waals surface area (Å²) in [6, 6.07) is 4.02. The first-order valence-electron chi connectivity index (χ1n) is 8.00. The molecule has 1 aliphatic carbocycles. The highest BCUT2D eigenvalue weighted by molar-refractivity contribution is 9.10. The van der Waals surface area contributed by atoms with Gasteiger partial charge in [0.1, 0.15) is 4.32 Å². The number of carbonyl (C=O) groups excluding carboxylic acids is 1. The second kappa shape index (κ2) is 6.69. The van der Waals surface area contributed by atoms with Gasteiger partial charge in [-0.25, -0.2) is 0 Å². The quantitative estimate of drug-likeness (QED) is 0.506. The van der Waals surface area contributed by atoms with E-state index in [4.69, 9.17) is 21.7 Å². The van der Waals surface area contributed by atoms with E-state index in [0.717, 1.165) is 22.9 Å². The Morgan fingerprint density at radius 1 is 1.21 bits per heavy atom. The van der Waals surface area contributed by atoms with Gasteiger partial charge in [0.15, 0.2) is 11.5 Å². The van der Waals surface area contributed by atoms with Gasteiger partial charge in [-0.1, -0.05) is 59.2 Å². The van der Waals surface area contributed by atoms with Crippen LogP contribution in [0, 0.1) is 0 Å². The number of benzene rings is 1. The number of ether oxygens (including phenoxy) is 2. The summed E-state index contributed by atoms with van der Waals surface area (Å²) in [5, 5.41) is 0. The Labute approximate surface area is 158 Å². The molecule has 126 valence electrons. The van der Waals surface area contributed by atoms with E-state index in [1.54, 1.807) is 0 Å². The monoisotopic (exact) mass is 425 g/mol. The van der Waals surface area contributed by atoms with Gasteiger partial charge in [0.25, 0.3) is 5.91 Å². The van der Waals surface area contributed by atoms with Gasteiger partial charge in [-0.2, -0.15) is 0 Å². The fourth-order valence-electron chi connectivity index (χ4n) is 3.32. The molecule has 0 spiro atoms. The maximum atomic E-state index is 12.8. The van der Waals surface area contributed by atoms with E-state index in [9.17, 15) is 4.79 Å². The lowest BCUT2D eigenvalue weighted by atomic mass is 9.94. The van der Waals surface area contributed by atoms with E-state index in [1.165, 1.54) is 31.0 Å². The molecule has 0 aromatic heterocycles. The third-order valence-electron chi connectivity index (χ3n) is 4.54. The lowest BCUT2D eigenvalue weighted by Gasteiger charge is -2.29. The predicted octanol–water partition coefficient (Wildman–Crippen LogP) is 4.71. The number of hydrogen-bond donors (Lipinski definition) is 0. The Morgan fingerprint density at radius 3 is 2.67 bits per heavy atom. The molecule has 1 aromatic carbocycles. The van der Waals surface area contributed by atoms with Crippen molar-refractivity contribution in [1.29, 1.82) is 0 Å². The van der Waals surface area contributed by atoms with Gasteiger partial charge in [0, 0.05) is 10.5 Å². The van der Waals surface area contributed by atoms with Gasteiger partial charge in [-0.05, 0) is 36.6 Å². The van der Waals surface area contributed by atoms with E-state index in [-0.39, 0.29) is 18.7 Å². The molecule has 1 saturated heterocycles. The van der Waals surface area contributed by atoms with Crippen LogP contribution >= 0.6 is 39.9 Å². The summed E-state index contributed by atoms with van der Waals surface area (Å²) < 4.78 is 12.3. The number of thiocarbonyl (C=S) groups is 1. The molecule has 24 heavy (non-hydrogen) atoms. The first-order valence-corrected chi connectivity index (χ1v) is 10.0. The van der Waals surface area contributed by atoms with E-state index in [2.05, 4.69) is 15.9 Å². The van der Waals surface area contributed by atoms with Crippen molar-refractivity contribution in [2.24, 2.45) is 0 Å². The second-order valence-electron chi connectivity index (χ2n) is 6.07. The minimum absolute atomic E-state index is 0.0291. The van der Waals surface area contributed by atoms with Crippen molar-refractivity contribution < 1.29 is 14.3 Å². The number of amides is 1. The van der Waals surface area contributed by atoms with Crippen molar-refractivity contribution in [3.63, 3.8) is 0 Å². The molecule has 0 atom stereocenters. The summed E-state index contributed by atoms with van der Waals surface area (Å²) in [4.78, 5) is 15.3. The number of thioether (sulfide) groups is 1. The van der Waals surface area contributed by atoms with E-state index in [0.29, 0.717) is 20.7 Å². The van der Waals surface area contributed by atoms with Crippen molar-refractivity contribution in [2.45, 2.75) is 38.1 Å². The normalized spacial score (nSPS) is 22.7. The molecule has 0 bridgehead atoms. The Hall–Kier alpha value is -1.05. The second-order valence-corrected chi connectivity index (χ2v) is 8.60. The zero-order valence-electron chi connectivity index (χ0n) is 12.9. The van der Waals surface area contributed by atoms with Crippen LogP contribution in [0.2, 0.25) is 0 Å². The Bertz CT molecular complexity index is 744. The van der Waals surface area contributed by atoms with Gasteiger partial charge in [0.2, 0.25) is 6.79 Å². The average molecular weight is 426 g/mol. The number of halogens is 1. The van der Waals surface area contributed by atoms with Gasteiger partial charge in [-0.3, -0.25) is 9.69 Å². The summed E-state index contributed by atoms with van der Waals surface area (Å²) in [7, 11) is 0. The molecule has 3 aliphatic rings. The SMILES string of the molecule is O=C1C(=Cc2cc3c(cc2Br)OCO3)SC(=S)N1C1CCCCC1. The number of hydrogen-bond acceptors (Lipinski definition) is 5. The van der Waals surface area contributed by atoms with Crippen molar-refractivity contribution in [2.75, 3.05) is 6.79 Å². The van der Waals surface area contributed by atoms with E-state index >= 15 is 0 Å². The summed E-state index contributed by atoms with van der Waals surface area (Å²) >= 11 is 10.4. The largest absolute Gasteiger partial charge is 0.454 e. The van der Waals surface area contributed by atoms with Crippen LogP contribution in [0.1, 0.15) is 37.7 Å². The molecule has 7 heteroatoms. The topological polar surface area (TPSA) is 38.8 Å². The number of carbonyl (C=O) groups is 1. The number of fused-ring (bicyclic) bond motifs is 1. The Morgan fingerprint density at radius 2 is 1.92 bits per heavy atom. The summed E-state index contributed by atoms with van der Waals surface area (Å²) in [6.45, 7) is 0.231. The fraction of sp³-hybridized carbons (Fsp3) is 0.412. The van der Waals surface area contributed by atoms with Crippen LogP contribution < -0.4 is 9.47 Å². The zero-order valence-corrected chi connectivity index (χ0v) is 16.1. The van der Waals surface area contributed by atoms with Crippen molar-refractivity contribution in [3.05, 3.63) is 27.1 Å². The van der Waals surface area contributed by atoms with E-state index in [1.807, 2.05) is 23.1 Å². The van der Waals surface area contributed by atoms with Gasteiger partial charge >= 0.3 is 0 Å². The molecule has 0 N–H and O–H groups in total. The van der Waals surface area contributed by atoms with Crippen LogP contribution in [0.25, 0.3) is 6.08 Å². The molecule has 1 saturated carbocycles. The molecule has 4 nitrogen and oxygen atoms in total. The Balaban J connectivity index is 1.62. The van der Waals surface area contributed by atoms with Crippen LogP contribution in [-0.4, -0.2) is 28.0 Å². The number of rotatable bonds is 2. The fourth-order valence-corrected chi connectivity index (χ4v) is 5.15. The zero-order chi connectivity index (χ0) is 16.7. The van der Waals surface area contributed by atoms with Crippen LogP contribution in [0.3, 0.4) is 0 Å². The van der Waals surface area contributed by atoms with Crippen LogP contribution in [0.5, 0.6) is 11.5 Å². The maximum absolute atomic E-state index is 12.8.